The molecule has 1 heterocycles. The van der Waals surface area contributed by atoms with Gasteiger partial charge in [-0.3, -0.25) is 0 Å². The Labute approximate surface area is 153 Å². The number of methoxy groups -OCH3 is 1. The van der Waals surface area contributed by atoms with Crippen LogP contribution >= 0.6 is 0 Å². The van der Waals surface area contributed by atoms with Crippen molar-refractivity contribution in [2.45, 2.75) is 13.0 Å². The Morgan fingerprint density at radius 3 is 2.15 bits per heavy atom. The molecule has 0 bridgehead atoms. The van der Waals surface area contributed by atoms with Crippen LogP contribution in [0, 0.1) is 0 Å². The van der Waals surface area contributed by atoms with Gasteiger partial charge in [-0.25, -0.2) is 0 Å². The van der Waals surface area contributed by atoms with Crippen LogP contribution in [0.1, 0.15) is 6.92 Å². The van der Waals surface area contributed by atoms with Crippen molar-refractivity contribution >= 4 is 0 Å². The maximum Gasteiger partial charge on any atom is 0.216 e. The molecule has 0 N–H and O–H groups in total. The molecule has 0 aliphatic rings. The number of benzene rings is 2. The SMILES string of the molecule is COc1cccc(OC(C)COc2ccc(Oc3ccccc3)cc2)n1. The van der Waals surface area contributed by atoms with Crippen LogP contribution in [0.4, 0.5) is 0 Å². The Morgan fingerprint density at radius 1 is 0.769 bits per heavy atom. The highest BCUT2D eigenvalue weighted by Gasteiger charge is 2.07. The zero-order valence-electron chi connectivity index (χ0n) is 14.8. The molecule has 1 atom stereocenters. The molecule has 0 aliphatic heterocycles. The van der Waals surface area contributed by atoms with Crippen molar-refractivity contribution in [3.05, 3.63) is 72.8 Å². The number of hydrogen-bond acceptors (Lipinski definition) is 5. The van der Waals surface area contributed by atoms with Crippen molar-refractivity contribution in [2.24, 2.45) is 0 Å². The van der Waals surface area contributed by atoms with E-state index in [2.05, 4.69) is 4.98 Å². The summed E-state index contributed by atoms with van der Waals surface area (Å²) in [5, 5.41) is 0. The van der Waals surface area contributed by atoms with Gasteiger partial charge in [0.2, 0.25) is 11.8 Å². The zero-order valence-corrected chi connectivity index (χ0v) is 14.8. The summed E-state index contributed by atoms with van der Waals surface area (Å²) >= 11 is 0. The van der Waals surface area contributed by atoms with Crippen LogP contribution in [-0.4, -0.2) is 24.8 Å². The van der Waals surface area contributed by atoms with E-state index in [0.717, 1.165) is 17.2 Å². The number of rotatable bonds is 8. The van der Waals surface area contributed by atoms with Gasteiger partial charge in [-0.2, -0.15) is 4.98 Å². The highest BCUT2D eigenvalue weighted by Crippen LogP contribution is 2.23. The number of nitrogens with zero attached hydrogens (tertiary/aromatic N) is 1. The van der Waals surface area contributed by atoms with Crippen molar-refractivity contribution in [3.8, 4) is 29.0 Å². The molecule has 0 spiro atoms. The second kappa shape index (κ2) is 8.76. The molecule has 0 radical (unpaired) electrons. The molecular weight excluding hydrogens is 330 g/mol. The Kier molecular flexibility index (Phi) is 5.93. The molecule has 5 heteroatoms. The second-order valence-electron chi connectivity index (χ2n) is 5.64. The first-order chi connectivity index (χ1) is 12.7. The number of ether oxygens (including phenoxy) is 4. The summed E-state index contributed by atoms with van der Waals surface area (Å²) in [6, 6.07) is 22.5. The van der Waals surface area contributed by atoms with Gasteiger partial charge in [-0.1, -0.05) is 24.3 Å². The Bertz CT molecular complexity index is 806. The first-order valence-electron chi connectivity index (χ1n) is 8.36. The molecule has 3 rings (SSSR count). The number of para-hydroxylation sites is 1. The smallest absolute Gasteiger partial charge is 0.216 e. The molecule has 0 fully saturated rings. The molecule has 0 amide bonds. The summed E-state index contributed by atoms with van der Waals surface area (Å²) in [5.74, 6) is 3.33. The first kappa shape index (κ1) is 17.6. The fraction of sp³-hybridized carbons (Fsp3) is 0.190. The molecule has 3 aromatic rings. The maximum absolute atomic E-state index is 5.76. The van der Waals surface area contributed by atoms with Crippen LogP contribution in [0.15, 0.2) is 72.8 Å². The molecule has 2 aromatic carbocycles. The zero-order chi connectivity index (χ0) is 18.2. The van der Waals surface area contributed by atoms with Crippen LogP contribution in [0.3, 0.4) is 0 Å². The molecule has 1 unspecified atom stereocenters. The average Bonchev–Trinajstić information content (AvgIpc) is 2.68. The van der Waals surface area contributed by atoms with E-state index in [1.165, 1.54) is 0 Å². The summed E-state index contributed by atoms with van der Waals surface area (Å²) < 4.78 is 22.3. The third kappa shape index (κ3) is 5.14. The van der Waals surface area contributed by atoms with Crippen molar-refractivity contribution < 1.29 is 18.9 Å². The number of pyridine rings is 1. The molecule has 1 aromatic heterocycles. The van der Waals surface area contributed by atoms with Crippen molar-refractivity contribution in [3.63, 3.8) is 0 Å². The van der Waals surface area contributed by atoms with Gasteiger partial charge in [0.15, 0.2) is 0 Å². The minimum absolute atomic E-state index is 0.158. The predicted molar refractivity (Wildman–Crippen MR) is 99.3 cm³/mol. The van der Waals surface area contributed by atoms with Crippen molar-refractivity contribution in [1.29, 1.82) is 0 Å². The lowest BCUT2D eigenvalue weighted by atomic mass is 10.3. The highest BCUT2D eigenvalue weighted by molar-refractivity contribution is 5.35. The summed E-state index contributed by atoms with van der Waals surface area (Å²) in [4.78, 5) is 4.22. The van der Waals surface area contributed by atoms with Crippen LogP contribution in [0.25, 0.3) is 0 Å². The number of aromatic nitrogens is 1. The van der Waals surface area contributed by atoms with Gasteiger partial charge in [-0.15, -0.1) is 0 Å². The normalized spacial score (nSPS) is 11.5. The summed E-state index contributed by atoms with van der Waals surface area (Å²) in [7, 11) is 1.57. The fourth-order valence-corrected chi connectivity index (χ4v) is 2.26. The minimum Gasteiger partial charge on any atom is -0.490 e. The summed E-state index contributed by atoms with van der Waals surface area (Å²) in [6.07, 6.45) is -0.158. The lowest BCUT2D eigenvalue weighted by Gasteiger charge is -2.15. The second-order valence-corrected chi connectivity index (χ2v) is 5.64. The van der Waals surface area contributed by atoms with Gasteiger partial charge in [0.05, 0.1) is 7.11 Å². The summed E-state index contributed by atoms with van der Waals surface area (Å²) in [5.41, 5.74) is 0. The van der Waals surface area contributed by atoms with Gasteiger partial charge >= 0.3 is 0 Å². The van der Waals surface area contributed by atoms with Gasteiger partial charge in [0.25, 0.3) is 0 Å². The fourth-order valence-electron chi connectivity index (χ4n) is 2.26. The van der Waals surface area contributed by atoms with E-state index in [-0.39, 0.29) is 6.10 Å². The predicted octanol–water partition coefficient (Wildman–Crippen LogP) is 4.73. The van der Waals surface area contributed by atoms with Gasteiger partial charge in [0, 0.05) is 12.1 Å². The maximum atomic E-state index is 5.76. The molecule has 0 aliphatic carbocycles. The highest BCUT2D eigenvalue weighted by atomic mass is 16.5. The van der Waals surface area contributed by atoms with E-state index in [0.29, 0.717) is 18.4 Å². The van der Waals surface area contributed by atoms with E-state index in [4.69, 9.17) is 18.9 Å². The first-order valence-corrected chi connectivity index (χ1v) is 8.36. The van der Waals surface area contributed by atoms with Gasteiger partial charge < -0.3 is 18.9 Å². The van der Waals surface area contributed by atoms with Crippen molar-refractivity contribution in [1.82, 2.24) is 4.98 Å². The Balaban J connectivity index is 1.49. The molecule has 0 saturated carbocycles. The van der Waals surface area contributed by atoms with Crippen LogP contribution in [-0.2, 0) is 0 Å². The third-order valence-electron chi connectivity index (χ3n) is 3.52. The minimum atomic E-state index is -0.158. The van der Waals surface area contributed by atoms with Crippen LogP contribution < -0.4 is 18.9 Å². The molecular formula is C21H21NO4. The Hall–Kier alpha value is -3.21. The molecule has 0 saturated heterocycles. The van der Waals surface area contributed by atoms with Gasteiger partial charge in [-0.05, 0) is 43.3 Å². The van der Waals surface area contributed by atoms with E-state index < -0.39 is 0 Å². The van der Waals surface area contributed by atoms with E-state index in [1.54, 1.807) is 19.2 Å². The monoisotopic (exact) mass is 351 g/mol. The lowest BCUT2D eigenvalue weighted by molar-refractivity contribution is 0.137. The van der Waals surface area contributed by atoms with Crippen LogP contribution in [0.5, 0.6) is 29.0 Å². The average molecular weight is 351 g/mol. The van der Waals surface area contributed by atoms with Crippen molar-refractivity contribution in [2.75, 3.05) is 13.7 Å². The quantitative estimate of drug-likeness (QED) is 0.587. The van der Waals surface area contributed by atoms with E-state index in [9.17, 15) is 0 Å². The lowest BCUT2D eigenvalue weighted by Crippen LogP contribution is -2.21. The molecule has 26 heavy (non-hydrogen) atoms. The Morgan fingerprint density at radius 2 is 1.42 bits per heavy atom. The molecule has 5 nitrogen and oxygen atoms in total. The van der Waals surface area contributed by atoms with E-state index in [1.807, 2.05) is 67.6 Å². The largest absolute Gasteiger partial charge is 0.490 e. The van der Waals surface area contributed by atoms with Crippen LogP contribution in [0.2, 0.25) is 0 Å². The molecule has 134 valence electrons. The number of hydrogen-bond donors (Lipinski definition) is 0. The summed E-state index contributed by atoms with van der Waals surface area (Å²) in [6.45, 7) is 2.33. The third-order valence-corrected chi connectivity index (χ3v) is 3.52. The van der Waals surface area contributed by atoms with Gasteiger partial charge in [0.1, 0.15) is 30.0 Å². The topological polar surface area (TPSA) is 49.8 Å². The standard InChI is InChI=1S/C21H21NO4/c1-16(25-21-10-6-9-20(22-21)23-2)15-24-17-11-13-19(14-12-17)26-18-7-4-3-5-8-18/h3-14,16H,15H2,1-2H3. The van der Waals surface area contributed by atoms with E-state index >= 15 is 0 Å².